The molecule has 0 bridgehead atoms. The van der Waals surface area contributed by atoms with Gasteiger partial charge in [-0.2, -0.15) is 0 Å². The maximum Gasteiger partial charge on any atom is 0.0706 e. The van der Waals surface area contributed by atoms with Crippen LogP contribution in [0.15, 0.2) is 42.5 Å². The fourth-order valence-electron chi connectivity index (χ4n) is 3.47. The predicted octanol–water partition coefficient (Wildman–Crippen LogP) is 6.48. The van der Waals surface area contributed by atoms with Crippen LogP contribution in [-0.4, -0.2) is 24.0 Å². The van der Waals surface area contributed by atoms with Crippen molar-refractivity contribution in [1.82, 2.24) is 9.88 Å². The Kier molecular flexibility index (Phi) is 7.00. The third-order valence-electron chi connectivity index (χ3n) is 5.49. The van der Waals surface area contributed by atoms with Gasteiger partial charge in [0.2, 0.25) is 0 Å². The van der Waals surface area contributed by atoms with E-state index in [1.165, 1.54) is 36.1 Å². The minimum Gasteiger partial charge on any atom is -0.301 e. The smallest absolute Gasteiger partial charge is 0.0706 e. The molecule has 2 rings (SSSR count). The molecular formula is C24H36N2. The molecule has 0 amide bonds. The molecule has 0 spiro atoms. The molecule has 142 valence electrons. The highest BCUT2D eigenvalue weighted by Crippen LogP contribution is 2.30. The number of nitrogens with zero attached hydrogens (tertiary/aromatic N) is 2. The molecule has 2 aromatic rings. The van der Waals surface area contributed by atoms with Gasteiger partial charge in [-0.05, 0) is 49.5 Å². The summed E-state index contributed by atoms with van der Waals surface area (Å²) in [6.45, 7) is 11.3. The summed E-state index contributed by atoms with van der Waals surface area (Å²) >= 11 is 0. The Morgan fingerprint density at radius 1 is 0.923 bits per heavy atom. The predicted molar refractivity (Wildman–Crippen MR) is 113 cm³/mol. The normalized spacial score (nSPS) is 13.4. The molecule has 0 fully saturated rings. The van der Waals surface area contributed by atoms with Crippen molar-refractivity contribution in [2.24, 2.45) is 5.92 Å². The fourth-order valence-corrected chi connectivity index (χ4v) is 3.47. The second-order valence-corrected chi connectivity index (χ2v) is 8.67. The average Bonchev–Trinajstić information content (AvgIpc) is 2.62. The number of rotatable bonds is 7. The lowest BCUT2D eigenvalue weighted by molar-refractivity contribution is 0.236. The fraction of sp³-hybridized carbons (Fsp3) is 0.542. The summed E-state index contributed by atoms with van der Waals surface area (Å²) in [5, 5.41) is 0. The Morgan fingerprint density at radius 3 is 2.04 bits per heavy atom. The van der Waals surface area contributed by atoms with Crippen LogP contribution in [0.5, 0.6) is 0 Å². The highest BCUT2D eigenvalue weighted by atomic mass is 15.1. The van der Waals surface area contributed by atoms with Crippen LogP contribution in [-0.2, 0) is 5.41 Å². The van der Waals surface area contributed by atoms with Crippen LogP contribution in [0.1, 0.15) is 71.2 Å². The van der Waals surface area contributed by atoms with Crippen molar-refractivity contribution in [2.45, 2.75) is 65.3 Å². The van der Waals surface area contributed by atoms with Crippen LogP contribution >= 0.6 is 0 Å². The highest BCUT2D eigenvalue weighted by Gasteiger charge is 2.20. The lowest BCUT2D eigenvalue weighted by Gasteiger charge is -2.27. The third-order valence-corrected chi connectivity index (χ3v) is 5.49. The average molecular weight is 353 g/mol. The molecule has 1 aromatic heterocycles. The van der Waals surface area contributed by atoms with E-state index in [9.17, 15) is 0 Å². The van der Waals surface area contributed by atoms with Crippen molar-refractivity contribution in [3.8, 4) is 11.3 Å². The SMILES string of the molecule is CCC(CC)CC(c1cccc(-c2ccc(C(C)(C)C)cc2)n1)N(C)C. The van der Waals surface area contributed by atoms with Crippen molar-refractivity contribution in [2.75, 3.05) is 14.1 Å². The van der Waals surface area contributed by atoms with Crippen LogP contribution in [0.4, 0.5) is 0 Å². The molecule has 1 unspecified atom stereocenters. The molecule has 0 saturated carbocycles. The van der Waals surface area contributed by atoms with Gasteiger partial charge >= 0.3 is 0 Å². The van der Waals surface area contributed by atoms with E-state index in [0.717, 1.165) is 11.6 Å². The van der Waals surface area contributed by atoms with E-state index in [2.05, 4.69) is 96.1 Å². The minimum absolute atomic E-state index is 0.180. The monoisotopic (exact) mass is 352 g/mol. The van der Waals surface area contributed by atoms with Crippen molar-refractivity contribution in [1.29, 1.82) is 0 Å². The summed E-state index contributed by atoms with van der Waals surface area (Å²) in [5.74, 6) is 0.749. The molecule has 1 atom stereocenters. The topological polar surface area (TPSA) is 16.1 Å². The van der Waals surface area contributed by atoms with Crippen LogP contribution in [0.3, 0.4) is 0 Å². The number of pyridine rings is 1. The van der Waals surface area contributed by atoms with Crippen molar-refractivity contribution < 1.29 is 0 Å². The second kappa shape index (κ2) is 8.81. The Bertz CT molecular complexity index is 676. The van der Waals surface area contributed by atoms with Gasteiger partial charge in [-0.15, -0.1) is 0 Å². The zero-order valence-electron chi connectivity index (χ0n) is 17.7. The Labute approximate surface area is 160 Å². The first kappa shape index (κ1) is 20.6. The Balaban J connectivity index is 2.30. The van der Waals surface area contributed by atoms with Gasteiger partial charge in [-0.3, -0.25) is 4.98 Å². The van der Waals surface area contributed by atoms with Gasteiger partial charge in [-0.1, -0.05) is 77.8 Å². The first-order valence-electron chi connectivity index (χ1n) is 10.0. The van der Waals surface area contributed by atoms with Gasteiger partial charge < -0.3 is 4.90 Å². The molecule has 2 nitrogen and oxygen atoms in total. The number of benzene rings is 1. The van der Waals surface area contributed by atoms with Crippen LogP contribution < -0.4 is 0 Å². The first-order chi connectivity index (χ1) is 12.3. The van der Waals surface area contributed by atoms with E-state index in [4.69, 9.17) is 4.98 Å². The van der Waals surface area contributed by atoms with Gasteiger partial charge in [0, 0.05) is 5.56 Å². The highest BCUT2D eigenvalue weighted by molar-refractivity contribution is 5.60. The lowest BCUT2D eigenvalue weighted by Crippen LogP contribution is -2.23. The molecule has 0 saturated heterocycles. The van der Waals surface area contributed by atoms with Crippen molar-refractivity contribution in [3.63, 3.8) is 0 Å². The Morgan fingerprint density at radius 2 is 1.54 bits per heavy atom. The summed E-state index contributed by atoms with van der Waals surface area (Å²) < 4.78 is 0. The summed E-state index contributed by atoms with van der Waals surface area (Å²) in [4.78, 5) is 7.35. The number of hydrogen-bond donors (Lipinski definition) is 0. The number of aromatic nitrogens is 1. The zero-order chi connectivity index (χ0) is 19.3. The molecule has 0 N–H and O–H groups in total. The van der Waals surface area contributed by atoms with Crippen LogP contribution in [0.2, 0.25) is 0 Å². The lowest BCUT2D eigenvalue weighted by atomic mass is 9.86. The van der Waals surface area contributed by atoms with Crippen LogP contribution in [0.25, 0.3) is 11.3 Å². The molecule has 2 heteroatoms. The molecule has 0 aliphatic heterocycles. The molecule has 0 aliphatic carbocycles. The maximum atomic E-state index is 5.04. The standard InChI is InChI=1S/C24H36N2/c1-8-18(9-2)17-23(26(6)7)22-12-10-11-21(25-22)19-13-15-20(16-14-19)24(3,4)5/h10-16,18,23H,8-9,17H2,1-7H3. The number of hydrogen-bond acceptors (Lipinski definition) is 2. The van der Waals surface area contributed by atoms with Crippen molar-refractivity contribution in [3.05, 3.63) is 53.7 Å². The first-order valence-corrected chi connectivity index (χ1v) is 10.0. The van der Waals surface area contributed by atoms with Gasteiger partial charge in [0.25, 0.3) is 0 Å². The third kappa shape index (κ3) is 5.17. The summed E-state index contributed by atoms with van der Waals surface area (Å²) in [6, 6.07) is 15.7. The summed E-state index contributed by atoms with van der Waals surface area (Å²) in [5.41, 5.74) is 4.98. The molecule has 0 radical (unpaired) electrons. The van der Waals surface area contributed by atoms with Gasteiger partial charge in [0.15, 0.2) is 0 Å². The summed E-state index contributed by atoms with van der Waals surface area (Å²) in [6.07, 6.45) is 3.63. The zero-order valence-corrected chi connectivity index (χ0v) is 17.7. The van der Waals surface area contributed by atoms with E-state index in [0.29, 0.717) is 6.04 Å². The molecule has 1 heterocycles. The molecule has 1 aromatic carbocycles. The van der Waals surface area contributed by atoms with E-state index in [1.807, 2.05) is 0 Å². The van der Waals surface area contributed by atoms with E-state index in [-0.39, 0.29) is 5.41 Å². The van der Waals surface area contributed by atoms with E-state index < -0.39 is 0 Å². The quantitative estimate of drug-likeness (QED) is 0.567. The van der Waals surface area contributed by atoms with Crippen LogP contribution in [0, 0.1) is 5.92 Å². The minimum atomic E-state index is 0.180. The largest absolute Gasteiger partial charge is 0.301 e. The maximum absolute atomic E-state index is 5.04. The van der Waals surface area contributed by atoms with Gasteiger partial charge in [-0.25, -0.2) is 0 Å². The molecule has 26 heavy (non-hydrogen) atoms. The molecule has 0 aliphatic rings. The van der Waals surface area contributed by atoms with E-state index in [1.54, 1.807) is 0 Å². The van der Waals surface area contributed by atoms with Gasteiger partial charge in [0.05, 0.1) is 17.4 Å². The second-order valence-electron chi connectivity index (χ2n) is 8.67. The van der Waals surface area contributed by atoms with Gasteiger partial charge in [0.1, 0.15) is 0 Å². The summed E-state index contributed by atoms with van der Waals surface area (Å²) in [7, 11) is 4.33. The Hall–Kier alpha value is -1.67. The van der Waals surface area contributed by atoms with Crippen molar-refractivity contribution >= 4 is 0 Å². The molecular weight excluding hydrogens is 316 g/mol. The van der Waals surface area contributed by atoms with E-state index >= 15 is 0 Å².